The maximum absolute atomic E-state index is 11.6. The van der Waals surface area contributed by atoms with Gasteiger partial charge in [-0.25, -0.2) is 0 Å². The van der Waals surface area contributed by atoms with E-state index in [1.165, 1.54) is 0 Å². The first-order valence-corrected chi connectivity index (χ1v) is 4.70. The van der Waals surface area contributed by atoms with Crippen LogP contribution >= 0.6 is 0 Å². The topological polar surface area (TPSA) is 29.5 Å². The third kappa shape index (κ3) is 3.77. The zero-order valence-electron chi connectivity index (χ0n) is 8.51. The summed E-state index contributed by atoms with van der Waals surface area (Å²) in [6.45, 7) is 10.7. The van der Waals surface area contributed by atoms with Crippen LogP contribution in [-0.2, 0) is 9.53 Å². The maximum Gasteiger partial charge on any atom is 0.223 e. The van der Waals surface area contributed by atoms with Gasteiger partial charge in [0.1, 0.15) is 0 Å². The van der Waals surface area contributed by atoms with Crippen LogP contribution in [0.4, 0.5) is 0 Å². The summed E-state index contributed by atoms with van der Waals surface area (Å²) >= 11 is 0. The summed E-state index contributed by atoms with van der Waals surface area (Å²) in [6.07, 6.45) is 0.521. The lowest BCUT2D eigenvalue weighted by Crippen LogP contribution is -2.41. The Morgan fingerprint density at radius 1 is 1.46 bits per heavy atom. The number of morpholine rings is 1. The lowest BCUT2D eigenvalue weighted by molar-refractivity contribution is -0.136. The first-order chi connectivity index (χ1) is 5.99. The van der Waals surface area contributed by atoms with Crippen LogP contribution in [0.1, 0.15) is 20.3 Å². The van der Waals surface area contributed by atoms with E-state index in [0.29, 0.717) is 19.6 Å². The summed E-state index contributed by atoms with van der Waals surface area (Å²) in [5, 5.41) is 0. The number of carbonyl (C=O) groups is 1. The molecular formula is C10H18NO2. The highest BCUT2D eigenvalue weighted by Crippen LogP contribution is 2.19. The average Bonchev–Trinajstić information content (AvgIpc) is 2.03. The number of hydrogen-bond donors (Lipinski definition) is 0. The Kier molecular flexibility index (Phi) is 3.31. The van der Waals surface area contributed by atoms with Gasteiger partial charge in [0.2, 0.25) is 5.91 Å². The second-order valence-corrected chi connectivity index (χ2v) is 4.33. The normalized spacial score (nSPS) is 18.8. The van der Waals surface area contributed by atoms with Gasteiger partial charge in [-0.1, -0.05) is 13.8 Å². The zero-order valence-corrected chi connectivity index (χ0v) is 8.51. The van der Waals surface area contributed by atoms with Crippen molar-refractivity contribution in [1.29, 1.82) is 0 Å². The van der Waals surface area contributed by atoms with E-state index in [2.05, 4.69) is 6.92 Å². The molecule has 0 saturated carbocycles. The summed E-state index contributed by atoms with van der Waals surface area (Å²) in [6, 6.07) is 0. The number of amides is 1. The van der Waals surface area contributed by atoms with Crippen molar-refractivity contribution >= 4 is 5.91 Å². The van der Waals surface area contributed by atoms with Gasteiger partial charge < -0.3 is 9.64 Å². The molecule has 0 bridgehead atoms. The van der Waals surface area contributed by atoms with Crippen molar-refractivity contribution in [1.82, 2.24) is 4.90 Å². The fourth-order valence-electron chi connectivity index (χ4n) is 1.33. The van der Waals surface area contributed by atoms with Crippen molar-refractivity contribution in [3.8, 4) is 0 Å². The second-order valence-electron chi connectivity index (χ2n) is 4.33. The molecule has 1 saturated heterocycles. The minimum atomic E-state index is -0.157. The minimum absolute atomic E-state index is 0.157. The molecule has 1 heterocycles. The number of rotatable bonds is 2. The third-order valence-corrected chi connectivity index (χ3v) is 1.99. The molecule has 1 radical (unpaired) electrons. The number of ether oxygens (including phenoxy) is 1. The van der Waals surface area contributed by atoms with Gasteiger partial charge in [0.25, 0.3) is 0 Å². The van der Waals surface area contributed by atoms with Crippen LogP contribution in [0.25, 0.3) is 0 Å². The van der Waals surface area contributed by atoms with E-state index >= 15 is 0 Å². The molecule has 3 nitrogen and oxygen atoms in total. The molecule has 0 N–H and O–H groups in total. The Morgan fingerprint density at radius 3 is 2.46 bits per heavy atom. The van der Waals surface area contributed by atoms with Gasteiger partial charge in [-0.15, -0.1) is 0 Å². The van der Waals surface area contributed by atoms with Gasteiger partial charge in [-0.05, 0) is 12.3 Å². The Hall–Kier alpha value is -0.570. The lowest BCUT2D eigenvalue weighted by atomic mass is 9.91. The maximum atomic E-state index is 11.6. The third-order valence-electron chi connectivity index (χ3n) is 1.99. The van der Waals surface area contributed by atoms with E-state index in [-0.39, 0.29) is 11.3 Å². The van der Waals surface area contributed by atoms with Gasteiger partial charge >= 0.3 is 0 Å². The van der Waals surface area contributed by atoms with Crippen LogP contribution in [-0.4, -0.2) is 37.1 Å². The molecule has 75 valence electrons. The molecule has 3 heteroatoms. The minimum Gasteiger partial charge on any atom is -0.378 e. The summed E-state index contributed by atoms with van der Waals surface area (Å²) in [5.41, 5.74) is -0.157. The van der Waals surface area contributed by atoms with E-state index < -0.39 is 0 Å². The van der Waals surface area contributed by atoms with Crippen LogP contribution in [0, 0.1) is 12.3 Å². The lowest BCUT2D eigenvalue weighted by Gasteiger charge is -2.29. The molecule has 0 aromatic heterocycles. The molecule has 0 atom stereocenters. The first kappa shape index (κ1) is 10.5. The Balaban J connectivity index is 2.38. The van der Waals surface area contributed by atoms with Crippen LogP contribution in [0.3, 0.4) is 0 Å². The highest BCUT2D eigenvalue weighted by atomic mass is 16.5. The predicted molar refractivity (Wildman–Crippen MR) is 51.2 cm³/mol. The van der Waals surface area contributed by atoms with Crippen molar-refractivity contribution in [3.63, 3.8) is 0 Å². The van der Waals surface area contributed by atoms with E-state index in [4.69, 9.17) is 4.74 Å². The molecular weight excluding hydrogens is 166 g/mol. The van der Waals surface area contributed by atoms with Crippen LogP contribution in [0.2, 0.25) is 0 Å². The fraction of sp³-hybridized carbons (Fsp3) is 0.800. The summed E-state index contributed by atoms with van der Waals surface area (Å²) in [5.74, 6) is 0.198. The summed E-state index contributed by atoms with van der Waals surface area (Å²) in [7, 11) is 0. The van der Waals surface area contributed by atoms with E-state index in [9.17, 15) is 4.79 Å². The molecule has 0 aromatic carbocycles. The molecule has 1 aliphatic rings. The molecule has 0 spiro atoms. The number of hydrogen-bond acceptors (Lipinski definition) is 2. The first-order valence-electron chi connectivity index (χ1n) is 4.70. The Morgan fingerprint density at radius 2 is 2.00 bits per heavy atom. The van der Waals surface area contributed by atoms with E-state index in [1.54, 1.807) is 0 Å². The smallest absolute Gasteiger partial charge is 0.223 e. The average molecular weight is 184 g/mol. The number of carbonyl (C=O) groups excluding carboxylic acids is 1. The molecule has 13 heavy (non-hydrogen) atoms. The SMILES string of the molecule is [CH2]C(C)(C)CC(=O)N1CCOCC1. The summed E-state index contributed by atoms with van der Waals surface area (Å²) < 4.78 is 5.17. The van der Waals surface area contributed by atoms with Crippen molar-refractivity contribution in [2.45, 2.75) is 20.3 Å². The van der Waals surface area contributed by atoms with Crippen molar-refractivity contribution in [3.05, 3.63) is 6.92 Å². The fourth-order valence-corrected chi connectivity index (χ4v) is 1.33. The molecule has 0 aliphatic carbocycles. The van der Waals surface area contributed by atoms with Gasteiger partial charge in [0.05, 0.1) is 13.2 Å². The molecule has 1 aliphatic heterocycles. The van der Waals surface area contributed by atoms with Gasteiger partial charge in [-0.3, -0.25) is 4.79 Å². The Bertz CT molecular complexity index is 178. The van der Waals surface area contributed by atoms with Gasteiger partial charge in [-0.2, -0.15) is 0 Å². The number of nitrogens with zero attached hydrogens (tertiary/aromatic N) is 1. The van der Waals surface area contributed by atoms with Gasteiger partial charge in [0, 0.05) is 19.5 Å². The van der Waals surface area contributed by atoms with Crippen molar-refractivity contribution in [2.24, 2.45) is 5.41 Å². The van der Waals surface area contributed by atoms with Gasteiger partial charge in [0.15, 0.2) is 0 Å². The summed E-state index contributed by atoms with van der Waals surface area (Å²) in [4.78, 5) is 13.5. The molecule has 1 fully saturated rings. The molecule has 1 amide bonds. The standard InChI is InChI=1S/C10H18NO2/c1-10(2,3)8-9(12)11-4-6-13-7-5-11/h1,4-8H2,2-3H3. The van der Waals surface area contributed by atoms with E-state index in [0.717, 1.165) is 13.1 Å². The molecule has 0 aromatic rings. The zero-order chi connectivity index (χ0) is 9.90. The molecule has 0 unspecified atom stereocenters. The van der Waals surface area contributed by atoms with Crippen LogP contribution in [0.5, 0.6) is 0 Å². The van der Waals surface area contributed by atoms with Crippen molar-refractivity contribution in [2.75, 3.05) is 26.3 Å². The predicted octanol–water partition coefficient (Wildman–Crippen LogP) is 1.10. The quantitative estimate of drug-likeness (QED) is 0.643. The monoisotopic (exact) mass is 184 g/mol. The second kappa shape index (κ2) is 4.09. The van der Waals surface area contributed by atoms with E-state index in [1.807, 2.05) is 18.7 Å². The van der Waals surface area contributed by atoms with Crippen LogP contribution < -0.4 is 0 Å². The van der Waals surface area contributed by atoms with Crippen molar-refractivity contribution < 1.29 is 9.53 Å². The largest absolute Gasteiger partial charge is 0.378 e. The van der Waals surface area contributed by atoms with Crippen LogP contribution in [0.15, 0.2) is 0 Å². The highest BCUT2D eigenvalue weighted by molar-refractivity contribution is 5.77. The Labute approximate surface area is 80.1 Å². The molecule has 1 rings (SSSR count). The highest BCUT2D eigenvalue weighted by Gasteiger charge is 2.22.